The average molecular weight is 348 g/mol. The highest BCUT2D eigenvalue weighted by atomic mass is 79.9. The van der Waals surface area contributed by atoms with Crippen LogP contribution in [0.4, 0.5) is 0 Å². The summed E-state index contributed by atoms with van der Waals surface area (Å²) in [5.41, 5.74) is 1.43. The van der Waals surface area contributed by atoms with Crippen LogP contribution in [-0.2, 0) is 16.6 Å². The van der Waals surface area contributed by atoms with E-state index in [0.29, 0.717) is 16.6 Å². The van der Waals surface area contributed by atoms with Crippen LogP contribution in [0.15, 0.2) is 21.5 Å². The maximum atomic E-state index is 12.7. The highest BCUT2D eigenvalue weighted by Crippen LogP contribution is 2.35. The monoisotopic (exact) mass is 347 g/mol. The fourth-order valence-electron chi connectivity index (χ4n) is 2.20. The van der Waals surface area contributed by atoms with Gasteiger partial charge >= 0.3 is 0 Å². The molecule has 106 valence electrons. The Morgan fingerprint density at radius 1 is 1.42 bits per heavy atom. The second kappa shape index (κ2) is 5.52. The van der Waals surface area contributed by atoms with Crippen LogP contribution in [0.1, 0.15) is 30.9 Å². The summed E-state index contributed by atoms with van der Waals surface area (Å²) in [5, 5.41) is 9.24. The van der Waals surface area contributed by atoms with Gasteiger partial charge in [-0.05, 0) is 52.9 Å². The summed E-state index contributed by atoms with van der Waals surface area (Å²) in [6, 6.07) is 3.48. The van der Waals surface area contributed by atoms with Crippen molar-refractivity contribution < 1.29 is 13.5 Å². The van der Waals surface area contributed by atoms with Crippen molar-refractivity contribution in [3.05, 3.63) is 27.7 Å². The minimum atomic E-state index is -3.50. The zero-order valence-corrected chi connectivity index (χ0v) is 13.5. The SMILES string of the molecule is CCN(C1CC1)S(=O)(=O)c1cc(CO)cc(C)c1Br. The van der Waals surface area contributed by atoms with E-state index in [-0.39, 0.29) is 17.5 Å². The second-order valence-electron chi connectivity index (χ2n) is 4.82. The standard InChI is InChI=1S/C13H18BrNO3S/c1-3-15(11-4-5-11)19(17,18)12-7-10(8-16)6-9(2)13(12)14/h6-7,11,16H,3-5,8H2,1-2H3. The lowest BCUT2D eigenvalue weighted by molar-refractivity contribution is 0.281. The lowest BCUT2D eigenvalue weighted by Crippen LogP contribution is -2.33. The molecule has 19 heavy (non-hydrogen) atoms. The molecule has 1 N–H and O–H groups in total. The van der Waals surface area contributed by atoms with Crippen LogP contribution in [-0.4, -0.2) is 30.4 Å². The first-order valence-corrected chi connectivity index (χ1v) is 8.56. The van der Waals surface area contributed by atoms with Gasteiger partial charge < -0.3 is 5.11 Å². The van der Waals surface area contributed by atoms with Gasteiger partial charge in [0.2, 0.25) is 10.0 Å². The van der Waals surface area contributed by atoms with Crippen molar-refractivity contribution >= 4 is 26.0 Å². The van der Waals surface area contributed by atoms with E-state index in [4.69, 9.17) is 0 Å². The fourth-order valence-corrected chi connectivity index (χ4v) is 4.93. The third kappa shape index (κ3) is 2.86. The van der Waals surface area contributed by atoms with E-state index in [2.05, 4.69) is 15.9 Å². The van der Waals surface area contributed by atoms with Gasteiger partial charge in [-0.15, -0.1) is 0 Å². The van der Waals surface area contributed by atoms with Crippen LogP contribution >= 0.6 is 15.9 Å². The molecule has 0 amide bonds. The van der Waals surface area contributed by atoms with E-state index in [1.165, 1.54) is 0 Å². The molecule has 0 unspecified atom stereocenters. The van der Waals surface area contributed by atoms with E-state index in [9.17, 15) is 13.5 Å². The topological polar surface area (TPSA) is 57.6 Å². The number of rotatable bonds is 5. The fraction of sp³-hybridized carbons (Fsp3) is 0.538. The van der Waals surface area contributed by atoms with Gasteiger partial charge in [-0.3, -0.25) is 0 Å². The summed E-state index contributed by atoms with van der Waals surface area (Å²) >= 11 is 3.36. The number of aliphatic hydroxyl groups is 1. The maximum Gasteiger partial charge on any atom is 0.244 e. The van der Waals surface area contributed by atoms with Crippen LogP contribution in [0.5, 0.6) is 0 Å². The number of sulfonamides is 1. The molecule has 0 bridgehead atoms. The number of aliphatic hydroxyl groups excluding tert-OH is 1. The van der Waals surface area contributed by atoms with Gasteiger partial charge in [0.25, 0.3) is 0 Å². The smallest absolute Gasteiger partial charge is 0.244 e. The molecule has 6 heteroatoms. The largest absolute Gasteiger partial charge is 0.392 e. The van der Waals surface area contributed by atoms with Gasteiger partial charge in [-0.1, -0.05) is 13.0 Å². The van der Waals surface area contributed by atoms with Crippen molar-refractivity contribution in [3.63, 3.8) is 0 Å². The van der Waals surface area contributed by atoms with Crippen molar-refractivity contribution in [3.8, 4) is 0 Å². The Hall–Kier alpha value is -0.430. The molecular formula is C13H18BrNO3S. The normalized spacial score (nSPS) is 16.1. The molecule has 0 heterocycles. The Morgan fingerprint density at radius 3 is 2.53 bits per heavy atom. The minimum absolute atomic E-state index is 0.139. The van der Waals surface area contributed by atoms with Crippen LogP contribution < -0.4 is 0 Å². The summed E-state index contributed by atoms with van der Waals surface area (Å²) in [7, 11) is -3.50. The molecule has 1 aliphatic rings. The number of nitrogens with zero attached hydrogens (tertiary/aromatic N) is 1. The quantitative estimate of drug-likeness (QED) is 0.889. The van der Waals surface area contributed by atoms with E-state index >= 15 is 0 Å². The Labute approximate surface area is 122 Å². The van der Waals surface area contributed by atoms with Crippen LogP contribution in [0, 0.1) is 6.92 Å². The molecule has 1 aromatic rings. The zero-order chi connectivity index (χ0) is 14.2. The lowest BCUT2D eigenvalue weighted by atomic mass is 10.1. The molecule has 0 spiro atoms. The predicted molar refractivity (Wildman–Crippen MR) is 77.4 cm³/mol. The van der Waals surface area contributed by atoms with E-state index in [0.717, 1.165) is 18.4 Å². The molecule has 1 aliphatic carbocycles. The molecule has 0 aromatic heterocycles. The van der Waals surface area contributed by atoms with Gasteiger partial charge in [-0.2, -0.15) is 4.31 Å². The van der Waals surface area contributed by atoms with Crippen LogP contribution in [0.2, 0.25) is 0 Å². The van der Waals surface area contributed by atoms with Gasteiger partial charge in [0.1, 0.15) is 0 Å². The Kier molecular flexibility index (Phi) is 4.35. The van der Waals surface area contributed by atoms with Crippen molar-refractivity contribution in [1.82, 2.24) is 4.31 Å². The molecule has 0 radical (unpaired) electrons. The Morgan fingerprint density at radius 2 is 2.05 bits per heavy atom. The van der Waals surface area contributed by atoms with E-state index < -0.39 is 10.0 Å². The highest BCUT2D eigenvalue weighted by Gasteiger charge is 2.38. The number of hydrogen-bond acceptors (Lipinski definition) is 3. The maximum absolute atomic E-state index is 12.7. The first kappa shape index (κ1) is 15.0. The highest BCUT2D eigenvalue weighted by molar-refractivity contribution is 9.10. The molecule has 0 aliphatic heterocycles. The first-order chi connectivity index (χ1) is 8.91. The van der Waals surface area contributed by atoms with Gasteiger partial charge in [0.15, 0.2) is 0 Å². The first-order valence-electron chi connectivity index (χ1n) is 6.33. The Balaban J connectivity index is 2.53. The Bertz CT molecular complexity index is 582. The van der Waals surface area contributed by atoms with Crippen molar-refractivity contribution in [1.29, 1.82) is 0 Å². The molecule has 0 atom stereocenters. The molecule has 1 saturated carbocycles. The van der Waals surface area contributed by atoms with E-state index in [1.807, 2.05) is 13.8 Å². The zero-order valence-electron chi connectivity index (χ0n) is 11.1. The number of aryl methyl sites for hydroxylation is 1. The van der Waals surface area contributed by atoms with Crippen LogP contribution in [0.25, 0.3) is 0 Å². The molecule has 1 fully saturated rings. The number of hydrogen-bond donors (Lipinski definition) is 1. The number of halogens is 1. The molecule has 2 rings (SSSR count). The number of benzene rings is 1. The van der Waals surface area contributed by atoms with Gasteiger partial charge in [0.05, 0.1) is 11.5 Å². The minimum Gasteiger partial charge on any atom is -0.392 e. The third-order valence-electron chi connectivity index (χ3n) is 3.32. The molecule has 0 saturated heterocycles. The summed E-state index contributed by atoms with van der Waals surface area (Å²) < 4.78 is 27.5. The third-order valence-corrected chi connectivity index (χ3v) is 6.68. The van der Waals surface area contributed by atoms with Crippen molar-refractivity contribution in [2.75, 3.05) is 6.54 Å². The van der Waals surface area contributed by atoms with Gasteiger partial charge in [0, 0.05) is 17.1 Å². The summed E-state index contributed by atoms with van der Waals surface area (Å²) in [5.74, 6) is 0. The molecular weight excluding hydrogens is 330 g/mol. The van der Waals surface area contributed by atoms with Crippen molar-refractivity contribution in [2.24, 2.45) is 0 Å². The summed E-state index contributed by atoms with van der Waals surface area (Å²) in [6.45, 7) is 4.00. The second-order valence-corrected chi connectivity index (χ2v) is 7.47. The molecule has 1 aromatic carbocycles. The molecule has 4 nitrogen and oxygen atoms in total. The summed E-state index contributed by atoms with van der Waals surface area (Å²) in [6.07, 6.45) is 1.87. The predicted octanol–water partition coefficient (Wildman–Crippen LogP) is 2.42. The van der Waals surface area contributed by atoms with Crippen LogP contribution in [0.3, 0.4) is 0 Å². The average Bonchev–Trinajstić information content (AvgIpc) is 3.17. The van der Waals surface area contributed by atoms with E-state index in [1.54, 1.807) is 16.4 Å². The summed E-state index contributed by atoms with van der Waals surface area (Å²) in [4.78, 5) is 0.255. The van der Waals surface area contributed by atoms with Crippen molar-refractivity contribution in [2.45, 2.75) is 44.2 Å². The lowest BCUT2D eigenvalue weighted by Gasteiger charge is -2.21. The van der Waals surface area contributed by atoms with Gasteiger partial charge in [-0.25, -0.2) is 8.42 Å².